The molecule has 1 amide bonds. The monoisotopic (exact) mass is 334 g/mol. The number of aromatic nitrogens is 3. The molecule has 0 bridgehead atoms. The molecule has 2 heterocycles. The molecule has 1 aliphatic carbocycles. The van der Waals surface area contributed by atoms with Crippen molar-refractivity contribution in [1.29, 1.82) is 0 Å². The van der Waals surface area contributed by atoms with Crippen LogP contribution in [-0.2, 0) is 13.0 Å². The SMILES string of the molecule is CCCc1nc(C(=O)NCc2nc(C3CCCCC3)no2)cs1. The Hall–Kier alpha value is -1.76. The highest BCUT2D eigenvalue weighted by Crippen LogP contribution is 2.30. The molecule has 0 atom stereocenters. The van der Waals surface area contributed by atoms with E-state index in [1.807, 2.05) is 0 Å². The van der Waals surface area contributed by atoms with Crippen LogP contribution in [0, 0.1) is 0 Å². The highest BCUT2D eigenvalue weighted by molar-refractivity contribution is 7.09. The average molecular weight is 334 g/mol. The molecule has 3 rings (SSSR count). The van der Waals surface area contributed by atoms with Crippen molar-refractivity contribution in [3.63, 3.8) is 0 Å². The molecule has 0 aromatic carbocycles. The molecule has 23 heavy (non-hydrogen) atoms. The van der Waals surface area contributed by atoms with E-state index in [1.165, 1.54) is 30.6 Å². The Bertz CT molecular complexity index is 646. The Morgan fingerprint density at radius 2 is 2.17 bits per heavy atom. The lowest BCUT2D eigenvalue weighted by Crippen LogP contribution is -2.23. The van der Waals surface area contributed by atoms with Crippen LogP contribution < -0.4 is 5.32 Å². The van der Waals surface area contributed by atoms with E-state index in [2.05, 4.69) is 27.4 Å². The zero-order valence-electron chi connectivity index (χ0n) is 13.4. The molecular weight excluding hydrogens is 312 g/mol. The number of nitrogens with zero attached hydrogens (tertiary/aromatic N) is 3. The van der Waals surface area contributed by atoms with E-state index >= 15 is 0 Å². The smallest absolute Gasteiger partial charge is 0.271 e. The molecule has 6 nitrogen and oxygen atoms in total. The lowest BCUT2D eigenvalue weighted by atomic mass is 9.89. The second-order valence-corrected chi connectivity index (χ2v) is 6.88. The summed E-state index contributed by atoms with van der Waals surface area (Å²) in [6.45, 7) is 2.35. The lowest BCUT2D eigenvalue weighted by molar-refractivity contribution is 0.0942. The molecule has 2 aromatic heterocycles. The van der Waals surface area contributed by atoms with Crippen LogP contribution in [0.3, 0.4) is 0 Å². The van der Waals surface area contributed by atoms with Crippen LogP contribution in [-0.4, -0.2) is 21.0 Å². The summed E-state index contributed by atoms with van der Waals surface area (Å²) < 4.78 is 5.25. The van der Waals surface area contributed by atoms with Crippen LogP contribution in [0.4, 0.5) is 0 Å². The summed E-state index contributed by atoms with van der Waals surface area (Å²) in [5.41, 5.74) is 0.463. The van der Waals surface area contributed by atoms with E-state index in [0.29, 0.717) is 17.5 Å². The van der Waals surface area contributed by atoms with Crippen LogP contribution in [0.5, 0.6) is 0 Å². The van der Waals surface area contributed by atoms with E-state index in [4.69, 9.17) is 4.52 Å². The number of carbonyl (C=O) groups is 1. The van der Waals surface area contributed by atoms with Crippen molar-refractivity contribution in [1.82, 2.24) is 20.4 Å². The number of hydrogen-bond acceptors (Lipinski definition) is 6. The van der Waals surface area contributed by atoms with Gasteiger partial charge in [0.1, 0.15) is 5.69 Å². The van der Waals surface area contributed by atoms with Crippen LogP contribution in [0.2, 0.25) is 0 Å². The van der Waals surface area contributed by atoms with Crippen molar-refractivity contribution in [3.05, 3.63) is 27.8 Å². The van der Waals surface area contributed by atoms with Gasteiger partial charge in [0.2, 0.25) is 5.89 Å². The van der Waals surface area contributed by atoms with E-state index in [9.17, 15) is 4.79 Å². The van der Waals surface area contributed by atoms with E-state index in [0.717, 1.165) is 36.5 Å². The first-order chi connectivity index (χ1) is 11.3. The molecule has 0 saturated heterocycles. The second-order valence-electron chi connectivity index (χ2n) is 5.94. The normalized spacial score (nSPS) is 15.7. The summed E-state index contributed by atoms with van der Waals surface area (Å²) >= 11 is 1.52. The summed E-state index contributed by atoms with van der Waals surface area (Å²) in [6, 6.07) is 0. The first-order valence-corrected chi connectivity index (χ1v) is 9.19. The zero-order chi connectivity index (χ0) is 16.1. The standard InChI is InChI=1S/C16H22N4O2S/c1-2-6-14-18-12(10-23-14)16(21)17-9-13-19-15(20-22-13)11-7-4-3-5-8-11/h10-11H,2-9H2,1H3,(H,17,21). The molecule has 124 valence electrons. The number of amides is 1. The van der Waals surface area contributed by atoms with Crippen molar-refractivity contribution < 1.29 is 9.32 Å². The van der Waals surface area contributed by atoms with Gasteiger partial charge in [-0.1, -0.05) is 31.3 Å². The minimum absolute atomic E-state index is 0.194. The molecule has 1 N–H and O–H groups in total. The van der Waals surface area contributed by atoms with E-state index in [-0.39, 0.29) is 12.5 Å². The average Bonchev–Trinajstić information content (AvgIpc) is 3.23. The Kier molecular flexibility index (Phi) is 5.38. The fourth-order valence-electron chi connectivity index (χ4n) is 2.86. The van der Waals surface area contributed by atoms with Gasteiger partial charge in [-0.05, 0) is 25.7 Å². The van der Waals surface area contributed by atoms with Gasteiger partial charge < -0.3 is 9.84 Å². The molecule has 1 aliphatic rings. The van der Waals surface area contributed by atoms with Gasteiger partial charge in [0.25, 0.3) is 5.91 Å². The summed E-state index contributed by atoms with van der Waals surface area (Å²) in [6.07, 6.45) is 7.96. The first kappa shape index (κ1) is 16.1. The summed E-state index contributed by atoms with van der Waals surface area (Å²) in [5, 5.41) is 9.65. The molecule has 0 spiro atoms. The van der Waals surface area contributed by atoms with Crippen molar-refractivity contribution >= 4 is 17.2 Å². The van der Waals surface area contributed by atoms with Crippen LogP contribution in [0.1, 0.15) is 78.6 Å². The number of hydrogen-bond donors (Lipinski definition) is 1. The third kappa shape index (κ3) is 4.16. The maximum atomic E-state index is 12.1. The minimum atomic E-state index is -0.194. The quantitative estimate of drug-likeness (QED) is 0.875. The third-order valence-corrected chi connectivity index (χ3v) is 5.01. The zero-order valence-corrected chi connectivity index (χ0v) is 14.2. The van der Waals surface area contributed by atoms with Crippen LogP contribution in [0.25, 0.3) is 0 Å². The molecule has 0 radical (unpaired) electrons. The summed E-state index contributed by atoms with van der Waals surface area (Å²) in [5.74, 6) is 1.46. The topological polar surface area (TPSA) is 80.9 Å². The van der Waals surface area contributed by atoms with E-state index < -0.39 is 0 Å². The van der Waals surface area contributed by atoms with Crippen molar-refractivity contribution in [3.8, 4) is 0 Å². The number of carbonyl (C=O) groups excluding carboxylic acids is 1. The summed E-state index contributed by atoms with van der Waals surface area (Å²) in [4.78, 5) is 20.8. The Morgan fingerprint density at radius 3 is 2.96 bits per heavy atom. The maximum Gasteiger partial charge on any atom is 0.271 e. The fourth-order valence-corrected chi connectivity index (χ4v) is 3.74. The Labute approximate surface area is 139 Å². The van der Waals surface area contributed by atoms with Crippen LogP contribution >= 0.6 is 11.3 Å². The number of rotatable bonds is 6. The second kappa shape index (κ2) is 7.68. The largest absolute Gasteiger partial charge is 0.342 e. The molecule has 2 aromatic rings. The van der Waals surface area contributed by atoms with Gasteiger partial charge in [-0.3, -0.25) is 4.79 Å². The van der Waals surface area contributed by atoms with Crippen molar-refractivity contribution in [2.45, 2.75) is 64.3 Å². The van der Waals surface area contributed by atoms with Gasteiger partial charge in [0, 0.05) is 11.3 Å². The third-order valence-electron chi connectivity index (χ3n) is 4.10. The molecular formula is C16H22N4O2S. The van der Waals surface area contributed by atoms with E-state index in [1.54, 1.807) is 5.38 Å². The Morgan fingerprint density at radius 1 is 1.35 bits per heavy atom. The van der Waals surface area contributed by atoms with Crippen molar-refractivity contribution in [2.75, 3.05) is 0 Å². The number of thiazole rings is 1. The summed E-state index contributed by atoms with van der Waals surface area (Å²) in [7, 11) is 0. The minimum Gasteiger partial charge on any atom is -0.342 e. The van der Waals surface area contributed by atoms with Gasteiger partial charge in [0.05, 0.1) is 11.6 Å². The predicted molar refractivity (Wildman–Crippen MR) is 87.4 cm³/mol. The first-order valence-electron chi connectivity index (χ1n) is 8.31. The van der Waals surface area contributed by atoms with Gasteiger partial charge in [-0.25, -0.2) is 4.98 Å². The van der Waals surface area contributed by atoms with Crippen LogP contribution in [0.15, 0.2) is 9.90 Å². The molecule has 1 saturated carbocycles. The van der Waals surface area contributed by atoms with Gasteiger partial charge in [-0.15, -0.1) is 11.3 Å². The number of nitrogens with one attached hydrogen (secondary N) is 1. The molecule has 0 aliphatic heterocycles. The van der Waals surface area contributed by atoms with Gasteiger partial charge in [-0.2, -0.15) is 4.98 Å². The van der Waals surface area contributed by atoms with Gasteiger partial charge in [0.15, 0.2) is 5.82 Å². The maximum absolute atomic E-state index is 12.1. The highest BCUT2D eigenvalue weighted by Gasteiger charge is 2.21. The highest BCUT2D eigenvalue weighted by atomic mass is 32.1. The predicted octanol–water partition coefficient (Wildman–Crippen LogP) is 3.46. The lowest BCUT2D eigenvalue weighted by Gasteiger charge is -2.17. The van der Waals surface area contributed by atoms with Crippen molar-refractivity contribution in [2.24, 2.45) is 0 Å². The Balaban J connectivity index is 1.53. The molecule has 0 unspecified atom stereocenters. The fraction of sp³-hybridized carbons (Fsp3) is 0.625. The van der Waals surface area contributed by atoms with Gasteiger partial charge >= 0.3 is 0 Å². The molecule has 7 heteroatoms. The molecule has 1 fully saturated rings. The number of aryl methyl sites for hydroxylation is 1.